The zero-order valence-electron chi connectivity index (χ0n) is 9.61. The van der Waals surface area contributed by atoms with Gasteiger partial charge in [0.05, 0.1) is 13.0 Å². The molecule has 0 aliphatic heterocycles. The minimum Gasteiger partial charge on any atom is -0.469 e. The lowest BCUT2D eigenvalue weighted by molar-refractivity contribution is -0.141. The highest BCUT2D eigenvalue weighted by atomic mass is 35.5. The van der Waals surface area contributed by atoms with Crippen LogP contribution in [-0.4, -0.2) is 18.1 Å². The second kappa shape index (κ2) is 5.85. The van der Waals surface area contributed by atoms with Gasteiger partial charge in [-0.15, -0.1) is 0 Å². The van der Waals surface area contributed by atoms with Crippen LogP contribution in [0.15, 0.2) is 18.3 Å². The number of carbonyl (C=O) groups excluding carboxylic acids is 1. The molecular formula is C12H15ClNO2. The van der Waals surface area contributed by atoms with Gasteiger partial charge in [-0.25, -0.2) is 4.98 Å². The van der Waals surface area contributed by atoms with E-state index in [2.05, 4.69) is 4.98 Å². The van der Waals surface area contributed by atoms with E-state index in [0.29, 0.717) is 10.7 Å². The molecule has 16 heavy (non-hydrogen) atoms. The summed E-state index contributed by atoms with van der Waals surface area (Å²) in [5, 5.41) is 0.342. The Balaban J connectivity index is 3.01. The van der Waals surface area contributed by atoms with Crippen molar-refractivity contribution in [2.24, 2.45) is 5.92 Å². The molecule has 3 nitrogen and oxygen atoms in total. The number of nitrogens with zero attached hydrogens (tertiary/aromatic N) is 1. The summed E-state index contributed by atoms with van der Waals surface area (Å²) in [5.41, 5.74) is 0.685. The third kappa shape index (κ3) is 3.20. The number of pyridine rings is 1. The Morgan fingerprint density at radius 3 is 2.75 bits per heavy atom. The Morgan fingerprint density at radius 1 is 1.56 bits per heavy atom. The van der Waals surface area contributed by atoms with E-state index >= 15 is 0 Å². The van der Waals surface area contributed by atoms with Crippen LogP contribution in [0.25, 0.3) is 0 Å². The summed E-state index contributed by atoms with van der Waals surface area (Å²) in [4.78, 5) is 15.6. The van der Waals surface area contributed by atoms with Crippen LogP contribution in [0.1, 0.15) is 25.3 Å². The van der Waals surface area contributed by atoms with Gasteiger partial charge in [-0.2, -0.15) is 0 Å². The van der Waals surface area contributed by atoms with E-state index in [9.17, 15) is 4.79 Å². The molecular weight excluding hydrogens is 226 g/mol. The first-order valence-electron chi connectivity index (χ1n) is 5.09. The molecule has 1 rings (SSSR count). The monoisotopic (exact) mass is 240 g/mol. The van der Waals surface area contributed by atoms with Gasteiger partial charge in [0, 0.05) is 11.8 Å². The molecule has 1 unspecified atom stereocenters. The average molecular weight is 241 g/mol. The van der Waals surface area contributed by atoms with E-state index in [-0.39, 0.29) is 11.9 Å². The van der Waals surface area contributed by atoms with Crippen molar-refractivity contribution in [3.63, 3.8) is 0 Å². The number of hydrogen-bond donors (Lipinski definition) is 0. The molecule has 1 radical (unpaired) electrons. The van der Waals surface area contributed by atoms with Gasteiger partial charge < -0.3 is 4.74 Å². The second-order valence-electron chi connectivity index (χ2n) is 3.82. The van der Waals surface area contributed by atoms with Gasteiger partial charge in [-0.05, 0) is 18.4 Å². The van der Waals surface area contributed by atoms with Crippen molar-refractivity contribution in [1.82, 2.24) is 4.98 Å². The molecule has 0 saturated carbocycles. The molecule has 0 saturated heterocycles. The molecule has 0 N–H and O–H groups in total. The van der Waals surface area contributed by atoms with Crippen molar-refractivity contribution in [2.75, 3.05) is 7.11 Å². The maximum atomic E-state index is 11.7. The number of hydrogen-bond acceptors (Lipinski definition) is 3. The lowest BCUT2D eigenvalue weighted by atomic mass is 9.91. The molecule has 87 valence electrons. The second-order valence-corrected chi connectivity index (χ2v) is 4.18. The summed E-state index contributed by atoms with van der Waals surface area (Å²) in [6.45, 7) is 4.00. The number of rotatable bonds is 4. The van der Waals surface area contributed by atoms with Crippen LogP contribution in [0, 0.1) is 12.3 Å². The van der Waals surface area contributed by atoms with Crippen LogP contribution in [-0.2, 0) is 9.53 Å². The highest BCUT2D eigenvalue weighted by Crippen LogP contribution is 2.28. The van der Waals surface area contributed by atoms with Crippen LogP contribution in [0.4, 0.5) is 0 Å². The normalized spacial score (nSPS) is 12.6. The van der Waals surface area contributed by atoms with Crippen LogP contribution >= 0.6 is 11.6 Å². The lowest BCUT2D eigenvalue weighted by Crippen LogP contribution is -2.17. The number of halogens is 1. The fourth-order valence-corrected chi connectivity index (χ4v) is 1.69. The molecule has 1 aromatic rings. The lowest BCUT2D eigenvalue weighted by Gasteiger charge is -2.17. The Bertz CT molecular complexity index is 366. The third-order valence-electron chi connectivity index (χ3n) is 2.16. The zero-order valence-corrected chi connectivity index (χ0v) is 10.4. The molecule has 0 aromatic carbocycles. The molecule has 0 bridgehead atoms. The quantitative estimate of drug-likeness (QED) is 0.600. The predicted molar refractivity (Wildman–Crippen MR) is 63.1 cm³/mol. The van der Waals surface area contributed by atoms with Crippen molar-refractivity contribution in [2.45, 2.75) is 19.8 Å². The first kappa shape index (κ1) is 13.0. The summed E-state index contributed by atoms with van der Waals surface area (Å²) >= 11 is 5.96. The minimum atomic E-state index is -0.453. The van der Waals surface area contributed by atoms with Crippen LogP contribution in [0.3, 0.4) is 0 Å². The summed E-state index contributed by atoms with van der Waals surface area (Å²) < 4.78 is 4.77. The fourth-order valence-electron chi connectivity index (χ4n) is 1.45. The summed E-state index contributed by atoms with van der Waals surface area (Å²) in [6.07, 6.45) is 3.49. The molecule has 0 amide bonds. The van der Waals surface area contributed by atoms with Crippen molar-refractivity contribution < 1.29 is 9.53 Å². The molecule has 4 heteroatoms. The van der Waals surface area contributed by atoms with Gasteiger partial charge >= 0.3 is 5.97 Å². The summed E-state index contributed by atoms with van der Waals surface area (Å²) in [5.74, 6) is -0.504. The first-order chi connectivity index (χ1) is 7.56. The van der Waals surface area contributed by atoms with Gasteiger partial charge in [0.25, 0.3) is 0 Å². The third-order valence-corrected chi connectivity index (χ3v) is 2.47. The van der Waals surface area contributed by atoms with Gasteiger partial charge in [-0.1, -0.05) is 31.5 Å². The van der Waals surface area contributed by atoms with Crippen LogP contribution < -0.4 is 0 Å². The number of aromatic nitrogens is 1. The van der Waals surface area contributed by atoms with Gasteiger partial charge in [-0.3, -0.25) is 4.79 Å². The maximum Gasteiger partial charge on any atom is 0.313 e. The van der Waals surface area contributed by atoms with E-state index in [1.807, 2.05) is 20.3 Å². The highest BCUT2D eigenvalue weighted by Gasteiger charge is 2.25. The summed E-state index contributed by atoms with van der Waals surface area (Å²) in [7, 11) is 1.37. The Morgan fingerprint density at radius 2 is 2.25 bits per heavy atom. The number of methoxy groups -OCH3 is 1. The van der Waals surface area contributed by atoms with E-state index in [1.165, 1.54) is 7.11 Å². The molecule has 1 aromatic heterocycles. The standard InChI is InChI=1S/C12H15ClNO2/c1-8(2)7-10(12(15)16-3)9-5-4-6-14-11(9)13/h4-8,10H,1-3H3. The summed E-state index contributed by atoms with van der Waals surface area (Å²) in [6, 6.07) is 3.54. The topological polar surface area (TPSA) is 39.2 Å². The average Bonchev–Trinajstić information content (AvgIpc) is 2.26. The molecule has 0 spiro atoms. The molecule has 1 heterocycles. The highest BCUT2D eigenvalue weighted by molar-refractivity contribution is 6.30. The van der Waals surface area contributed by atoms with Gasteiger partial charge in [0.15, 0.2) is 0 Å². The fraction of sp³-hybridized carbons (Fsp3) is 0.417. The van der Waals surface area contributed by atoms with Crippen molar-refractivity contribution >= 4 is 17.6 Å². The number of ether oxygens (including phenoxy) is 1. The Kier molecular flexibility index (Phi) is 4.74. The largest absolute Gasteiger partial charge is 0.469 e. The van der Waals surface area contributed by atoms with Crippen LogP contribution in [0.5, 0.6) is 0 Å². The van der Waals surface area contributed by atoms with Gasteiger partial charge in [0.2, 0.25) is 0 Å². The predicted octanol–water partition coefficient (Wildman–Crippen LogP) is 2.85. The van der Waals surface area contributed by atoms with Crippen molar-refractivity contribution in [1.29, 1.82) is 0 Å². The Labute approximate surface area is 101 Å². The zero-order chi connectivity index (χ0) is 12.1. The van der Waals surface area contributed by atoms with E-state index in [4.69, 9.17) is 16.3 Å². The Hall–Kier alpha value is -1.09. The minimum absolute atomic E-state index is 0.264. The van der Waals surface area contributed by atoms with Crippen molar-refractivity contribution in [3.05, 3.63) is 35.5 Å². The van der Waals surface area contributed by atoms with Crippen LogP contribution in [0.2, 0.25) is 5.15 Å². The SMILES string of the molecule is COC(=O)C([CH]C(C)C)c1cccnc1Cl. The smallest absolute Gasteiger partial charge is 0.313 e. The van der Waals surface area contributed by atoms with E-state index in [1.54, 1.807) is 18.3 Å². The molecule has 0 aliphatic rings. The van der Waals surface area contributed by atoms with E-state index < -0.39 is 5.92 Å². The maximum absolute atomic E-state index is 11.7. The number of esters is 1. The van der Waals surface area contributed by atoms with E-state index in [0.717, 1.165) is 0 Å². The molecule has 1 atom stereocenters. The number of carbonyl (C=O) groups is 1. The van der Waals surface area contributed by atoms with Gasteiger partial charge in [0.1, 0.15) is 5.15 Å². The first-order valence-corrected chi connectivity index (χ1v) is 5.47. The van der Waals surface area contributed by atoms with Crippen molar-refractivity contribution in [3.8, 4) is 0 Å². The molecule has 0 fully saturated rings. The molecule has 0 aliphatic carbocycles.